The Morgan fingerprint density at radius 2 is 2.06 bits per heavy atom. The van der Waals surface area contributed by atoms with Gasteiger partial charge in [0.05, 0.1) is 19.2 Å². The van der Waals surface area contributed by atoms with Gasteiger partial charge in [0, 0.05) is 22.5 Å². The highest BCUT2D eigenvalue weighted by atomic mass is 79.9. The molecule has 0 fully saturated rings. The minimum Gasteiger partial charge on any atom is -0.493 e. The van der Waals surface area contributed by atoms with Crippen LogP contribution in [-0.2, 0) is 0 Å². The second-order valence-electron chi connectivity index (χ2n) is 3.87. The van der Waals surface area contributed by atoms with Crippen LogP contribution in [0.5, 0.6) is 11.5 Å². The average Bonchev–Trinajstić information content (AvgIpc) is 2.39. The Morgan fingerprint density at radius 3 is 2.78 bits per heavy atom. The Bertz CT molecular complexity index is 546. The molecule has 0 unspecified atom stereocenters. The molecule has 0 saturated heterocycles. The molecule has 0 N–H and O–H groups in total. The summed E-state index contributed by atoms with van der Waals surface area (Å²) in [5, 5.41) is 1.91. The minimum atomic E-state index is 0.653. The smallest absolute Gasteiger partial charge is 0.162 e. The van der Waals surface area contributed by atoms with Gasteiger partial charge in [0.2, 0.25) is 0 Å². The summed E-state index contributed by atoms with van der Waals surface area (Å²) in [5.74, 6) is 1.44. The normalized spacial score (nSPS) is 10.6. The Kier molecular flexibility index (Phi) is 4.36. The molecular formula is C13H15BrN2O2. The Hall–Kier alpha value is -1.36. The lowest BCUT2D eigenvalue weighted by atomic mass is 10.2. The lowest BCUT2D eigenvalue weighted by Crippen LogP contribution is -2.00. The van der Waals surface area contributed by atoms with Crippen molar-refractivity contribution >= 4 is 26.8 Å². The van der Waals surface area contributed by atoms with E-state index in [4.69, 9.17) is 9.47 Å². The van der Waals surface area contributed by atoms with Gasteiger partial charge in [0.15, 0.2) is 11.5 Å². The van der Waals surface area contributed by atoms with Crippen LogP contribution in [-0.4, -0.2) is 29.0 Å². The summed E-state index contributed by atoms with van der Waals surface area (Å²) in [6, 6.07) is 3.82. The molecule has 0 amide bonds. The van der Waals surface area contributed by atoms with E-state index in [-0.39, 0.29) is 0 Å². The van der Waals surface area contributed by atoms with Gasteiger partial charge in [-0.3, -0.25) is 0 Å². The first-order valence-electron chi connectivity index (χ1n) is 5.74. The van der Waals surface area contributed by atoms with Crippen LogP contribution in [0.4, 0.5) is 0 Å². The predicted molar refractivity (Wildman–Crippen MR) is 74.7 cm³/mol. The molecular weight excluding hydrogens is 296 g/mol. The van der Waals surface area contributed by atoms with Gasteiger partial charge in [-0.1, -0.05) is 15.9 Å². The largest absolute Gasteiger partial charge is 0.493 e. The molecule has 5 heteroatoms. The van der Waals surface area contributed by atoms with Crippen molar-refractivity contribution in [2.45, 2.75) is 13.3 Å². The number of alkyl halides is 1. The van der Waals surface area contributed by atoms with E-state index in [1.807, 2.05) is 19.1 Å². The quantitative estimate of drug-likeness (QED) is 0.629. The predicted octanol–water partition coefficient (Wildman–Crippen LogP) is 3.11. The molecule has 0 saturated carbocycles. The SMILES string of the molecule is COc1cc2ncnc(C)c2cc1OCCCBr. The number of halogens is 1. The number of aromatic nitrogens is 2. The Morgan fingerprint density at radius 1 is 1.22 bits per heavy atom. The fourth-order valence-corrected chi connectivity index (χ4v) is 1.93. The van der Waals surface area contributed by atoms with Crippen LogP contribution in [0.25, 0.3) is 10.9 Å². The number of fused-ring (bicyclic) bond motifs is 1. The van der Waals surface area contributed by atoms with E-state index in [1.54, 1.807) is 13.4 Å². The molecule has 2 aromatic rings. The van der Waals surface area contributed by atoms with Crippen LogP contribution in [0.3, 0.4) is 0 Å². The summed E-state index contributed by atoms with van der Waals surface area (Å²) in [6.45, 7) is 2.61. The number of benzene rings is 1. The van der Waals surface area contributed by atoms with Crippen LogP contribution >= 0.6 is 15.9 Å². The van der Waals surface area contributed by atoms with Crippen molar-refractivity contribution in [1.29, 1.82) is 0 Å². The van der Waals surface area contributed by atoms with Crippen molar-refractivity contribution in [3.05, 3.63) is 24.2 Å². The topological polar surface area (TPSA) is 44.2 Å². The first-order chi connectivity index (χ1) is 8.76. The van der Waals surface area contributed by atoms with Gasteiger partial charge < -0.3 is 9.47 Å². The van der Waals surface area contributed by atoms with Gasteiger partial charge in [-0.15, -0.1) is 0 Å². The average molecular weight is 311 g/mol. The number of aryl methyl sites for hydroxylation is 1. The van der Waals surface area contributed by atoms with Crippen molar-refractivity contribution in [1.82, 2.24) is 9.97 Å². The van der Waals surface area contributed by atoms with Gasteiger partial charge in [-0.25, -0.2) is 9.97 Å². The van der Waals surface area contributed by atoms with E-state index in [0.717, 1.165) is 34.1 Å². The summed E-state index contributed by atoms with van der Waals surface area (Å²) >= 11 is 3.38. The molecule has 0 radical (unpaired) electrons. The monoisotopic (exact) mass is 310 g/mol. The summed E-state index contributed by atoms with van der Waals surface area (Å²) in [5.41, 5.74) is 1.81. The number of hydrogen-bond acceptors (Lipinski definition) is 4. The third kappa shape index (κ3) is 2.72. The molecule has 1 aromatic carbocycles. The fourth-order valence-electron chi connectivity index (χ4n) is 1.70. The van der Waals surface area contributed by atoms with Crippen LogP contribution in [0.2, 0.25) is 0 Å². The van der Waals surface area contributed by atoms with Crippen LogP contribution in [0.15, 0.2) is 18.5 Å². The maximum Gasteiger partial charge on any atom is 0.162 e. The molecule has 0 aliphatic rings. The fraction of sp³-hybridized carbons (Fsp3) is 0.385. The maximum atomic E-state index is 5.72. The van der Waals surface area contributed by atoms with Gasteiger partial charge in [-0.2, -0.15) is 0 Å². The number of rotatable bonds is 5. The van der Waals surface area contributed by atoms with Crippen molar-refractivity contribution in [2.24, 2.45) is 0 Å². The summed E-state index contributed by atoms with van der Waals surface area (Å²) < 4.78 is 11.0. The van der Waals surface area contributed by atoms with Crippen molar-refractivity contribution in [3.8, 4) is 11.5 Å². The second-order valence-corrected chi connectivity index (χ2v) is 4.66. The zero-order valence-electron chi connectivity index (χ0n) is 10.4. The summed E-state index contributed by atoms with van der Waals surface area (Å²) in [4.78, 5) is 8.42. The van der Waals surface area contributed by atoms with Gasteiger partial charge in [0.25, 0.3) is 0 Å². The van der Waals surface area contributed by atoms with Crippen molar-refractivity contribution in [3.63, 3.8) is 0 Å². The molecule has 2 rings (SSSR count). The number of ether oxygens (including phenoxy) is 2. The van der Waals surface area contributed by atoms with Crippen LogP contribution in [0.1, 0.15) is 12.1 Å². The van der Waals surface area contributed by atoms with Gasteiger partial charge in [0.1, 0.15) is 6.33 Å². The van der Waals surface area contributed by atoms with E-state index in [2.05, 4.69) is 25.9 Å². The highest BCUT2D eigenvalue weighted by Crippen LogP contribution is 2.32. The zero-order chi connectivity index (χ0) is 13.0. The van der Waals surface area contributed by atoms with Crippen molar-refractivity contribution < 1.29 is 9.47 Å². The highest BCUT2D eigenvalue weighted by molar-refractivity contribution is 9.09. The van der Waals surface area contributed by atoms with Crippen LogP contribution in [0, 0.1) is 6.92 Å². The van der Waals surface area contributed by atoms with Crippen molar-refractivity contribution in [2.75, 3.05) is 19.0 Å². The molecule has 1 aromatic heterocycles. The number of nitrogens with zero attached hydrogens (tertiary/aromatic N) is 2. The first kappa shape index (κ1) is 13.1. The summed E-state index contributed by atoms with van der Waals surface area (Å²) in [7, 11) is 1.63. The lowest BCUT2D eigenvalue weighted by Gasteiger charge is -2.11. The first-order valence-corrected chi connectivity index (χ1v) is 6.86. The van der Waals surface area contributed by atoms with E-state index >= 15 is 0 Å². The molecule has 0 spiro atoms. The van der Waals surface area contributed by atoms with E-state index in [9.17, 15) is 0 Å². The van der Waals surface area contributed by atoms with E-state index < -0.39 is 0 Å². The van der Waals surface area contributed by atoms with Gasteiger partial charge in [-0.05, 0) is 19.4 Å². The Balaban J connectivity index is 2.40. The lowest BCUT2D eigenvalue weighted by molar-refractivity contribution is 0.296. The van der Waals surface area contributed by atoms with E-state index in [0.29, 0.717) is 12.4 Å². The third-order valence-electron chi connectivity index (χ3n) is 2.66. The zero-order valence-corrected chi connectivity index (χ0v) is 12.0. The number of hydrogen-bond donors (Lipinski definition) is 0. The molecule has 0 aliphatic carbocycles. The summed E-state index contributed by atoms with van der Waals surface area (Å²) in [6.07, 6.45) is 2.51. The molecule has 96 valence electrons. The maximum absolute atomic E-state index is 5.72. The molecule has 0 atom stereocenters. The molecule has 1 heterocycles. The molecule has 4 nitrogen and oxygen atoms in total. The molecule has 0 bridgehead atoms. The van der Waals surface area contributed by atoms with E-state index in [1.165, 1.54) is 0 Å². The third-order valence-corrected chi connectivity index (χ3v) is 3.22. The standard InChI is InChI=1S/C13H15BrN2O2/c1-9-10-6-13(18-5-3-4-14)12(17-2)7-11(10)16-8-15-9/h6-8H,3-5H2,1-2H3. The van der Waals surface area contributed by atoms with Crippen LogP contribution < -0.4 is 9.47 Å². The second kappa shape index (κ2) is 6.00. The molecule has 0 aliphatic heterocycles. The highest BCUT2D eigenvalue weighted by Gasteiger charge is 2.09. The minimum absolute atomic E-state index is 0.653. The van der Waals surface area contributed by atoms with Gasteiger partial charge >= 0.3 is 0 Å². The molecule has 18 heavy (non-hydrogen) atoms. The Labute approximate surface area is 114 Å². The number of methoxy groups -OCH3 is 1.